The molecule has 20 heavy (non-hydrogen) atoms. The molecule has 1 aliphatic rings. The van der Waals surface area contributed by atoms with Crippen molar-refractivity contribution in [1.29, 1.82) is 0 Å². The number of hydrogen-bond donors (Lipinski definition) is 1. The summed E-state index contributed by atoms with van der Waals surface area (Å²) in [4.78, 5) is 2.62. The number of rotatable bonds is 7. The summed E-state index contributed by atoms with van der Waals surface area (Å²) in [5, 5.41) is 3.58. The van der Waals surface area contributed by atoms with Gasteiger partial charge in [-0.2, -0.15) is 0 Å². The highest BCUT2D eigenvalue weighted by atomic mass is 15.2. The van der Waals surface area contributed by atoms with Gasteiger partial charge in [-0.15, -0.1) is 0 Å². The molecule has 1 atom stereocenters. The van der Waals surface area contributed by atoms with Crippen LogP contribution in [0.4, 0.5) is 0 Å². The molecule has 1 unspecified atom stereocenters. The smallest absolute Gasteiger partial charge is 0.0165 e. The van der Waals surface area contributed by atoms with Gasteiger partial charge in [0.25, 0.3) is 0 Å². The minimum absolute atomic E-state index is 0.811. The highest BCUT2D eigenvalue weighted by Crippen LogP contribution is 2.18. The Kier molecular flexibility index (Phi) is 6.28. The van der Waals surface area contributed by atoms with E-state index in [2.05, 4.69) is 60.5 Å². The van der Waals surface area contributed by atoms with Crippen molar-refractivity contribution in [2.45, 2.75) is 39.2 Å². The van der Waals surface area contributed by atoms with Crippen LogP contribution in [0.5, 0.6) is 0 Å². The number of nitrogens with zero attached hydrogens (tertiary/aromatic N) is 1. The molecule has 2 heteroatoms. The standard InChI is InChI=1S/C18H28N2/c1-3-20-13-7-10-18(20)11-12-19-15-16(2)14-17-8-5-4-6-9-17/h4-6,8-9,14,18-19H,3,7,10-13,15H2,1-2H3/b16-14+. The van der Waals surface area contributed by atoms with Crippen molar-refractivity contribution in [2.75, 3.05) is 26.2 Å². The maximum atomic E-state index is 3.58. The summed E-state index contributed by atoms with van der Waals surface area (Å²) in [5.74, 6) is 0. The highest BCUT2D eigenvalue weighted by molar-refractivity contribution is 5.52. The molecule has 1 heterocycles. The third-order valence-electron chi connectivity index (χ3n) is 4.18. The quantitative estimate of drug-likeness (QED) is 0.764. The normalized spacial score (nSPS) is 20.5. The molecule has 1 saturated heterocycles. The average Bonchev–Trinajstić information content (AvgIpc) is 2.92. The molecule has 110 valence electrons. The summed E-state index contributed by atoms with van der Waals surface area (Å²) >= 11 is 0. The van der Waals surface area contributed by atoms with E-state index in [1.807, 2.05) is 0 Å². The zero-order valence-electron chi connectivity index (χ0n) is 12.9. The van der Waals surface area contributed by atoms with Crippen LogP contribution in [0.25, 0.3) is 6.08 Å². The Balaban J connectivity index is 1.67. The van der Waals surface area contributed by atoms with E-state index >= 15 is 0 Å². The molecule has 1 fully saturated rings. The second-order valence-electron chi connectivity index (χ2n) is 5.79. The molecule has 0 spiro atoms. The maximum Gasteiger partial charge on any atom is 0.0165 e. The SMILES string of the molecule is CCN1CCCC1CCNC/C(C)=C/c1ccccc1. The van der Waals surface area contributed by atoms with Gasteiger partial charge >= 0.3 is 0 Å². The van der Waals surface area contributed by atoms with Crippen LogP contribution in [-0.2, 0) is 0 Å². The molecule has 2 nitrogen and oxygen atoms in total. The van der Waals surface area contributed by atoms with Crippen molar-refractivity contribution >= 4 is 6.08 Å². The van der Waals surface area contributed by atoms with E-state index in [0.29, 0.717) is 0 Å². The van der Waals surface area contributed by atoms with Gasteiger partial charge < -0.3 is 10.2 Å². The average molecular weight is 272 g/mol. The van der Waals surface area contributed by atoms with Gasteiger partial charge in [0.1, 0.15) is 0 Å². The predicted molar refractivity (Wildman–Crippen MR) is 87.8 cm³/mol. The first-order valence-corrected chi connectivity index (χ1v) is 7.96. The molecule has 0 aliphatic carbocycles. The molecule has 1 aliphatic heterocycles. The van der Waals surface area contributed by atoms with Crippen molar-refractivity contribution in [3.8, 4) is 0 Å². The lowest BCUT2D eigenvalue weighted by molar-refractivity contribution is 0.254. The van der Waals surface area contributed by atoms with Crippen LogP contribution in [0, 0.1) is 0 Å². The summed E-state index contributed by atoms with van der Waals surface area (Å²) in [7, 11) is 0. The van der Waals surface area contributed by atoms with E-state index in [1.165, 1.54) is 43.5 Å². The van der Waals surface area contributed by atoms with E-state index in [0.717, 1.165) is 19.1 Å². The van der Waals surface area contributed by atoms with Crippen molar-refractivity contribution in [2.24, 2.45) is 0 Å². The number of hydrogen-bond acceptors (Lipinski definition) is 2. The lowest BCUT2D eigenvalue weighted by Crippen LogP contribution is -2.32. The lowest BCUT2D eigenvalue weighted by atomic mass is 10.1. The predicted octanol–water partition coefficient (Wildman–Crippen LogP) is 3.55. The van der Waals surface area contributed by atoms with Gasteiger partial charge in [0.2, 0.25) is 0 Å². The van der Waals surface area contributed by atoms with E-state index < -0.39 is 0 Å². The Morgan fingerprint density at radius 3 is 2.90 bits per heavy atom. The third-order valence-corrected chi connectivity index (χ3v) is 4.18. The molecule has 0 amide bonds. The zero-order chi connectivity index (χ0) is 14.2. The summed E-state index contributed by atoms with van der Waals surface area (Å²) in [6.45, 7) is 9.10. The summed E-state index contributed by atoms with van der Waals surface area (Å²) in [6.07, 6.45) is 6.31. The monoisotopic (exact) mass is 272 g/mol. The number of nitrogens with one attached hydrogen (secondary N) is 1. The Bertz CT molecular complexity index is 411. The van der Waals surface area contributed by atoms with E-state index in [-0.39, 0.29) is 0 Å². The van der Waals surface area contributed by atoms with E-state index in [9.17, 15) is 0 Å². The zero-order valence-corrected chi connectivity index (χ0v) is 12.9. The van der Waals surface area contributed by atoms with E-state index in [4.69, 9.17) is 0 Å². The van der Waals surface area contributed by atoms with Gasteiger partial charge in [-0.05, 0) is 51.4 Å². The topological polar surface area (TPSA) is 15.3 Å². The van der Waals surface area contributed by atoms with Crippen LogP contribution in [0.15, 0.2) is 35.9 Å². The van der Waals surface area contributed by atoms with Crippen LogP contribution < -0.4 is 5.32 Å². The Labute approximate surface area is 123 Å². The first-order valence-electron chi connectivity index (χ1n) is 7.96. The molecule has 2 rings (SSSR count). The Hall–Kier alpha value is -1.12. The molecule has 0 bridgehead atoms. The lowest BCUT2D eigenvalue weighted by Gasteiger charge is -2.22. The number of benzene rings is 1. The van der Waals surface area contributed by atoms with Gasteiger partial charge in [0, 0.05) is 12.6 Å². The van der Waals surface area contributed by atoms with Crippen molar-refractivity contribution in [3.05, 3.63) is 41.5 Å². The van der Waals surface area contributed by atoms with Crippen molar-refractivity contribution in [3.63, 3.8) is 0 Å². The summed E-state index contributed by atoms with van der Waals surface area (Å²) in [6, 6.07) is 11.4. The fourth-order valence-corrected chi connectivity index (χ4v) is 3.08. The minimum atomic E-state index is 0.811. The second kappa shape index (κ2) is 8.23. The van der Waals surface area contributed by atoms with Gasteiger partial charge in [0.15, 0.2) is 0 Å². The van der Waals surface area contributed by atoms with Crippen molar-refractivity contribution < 1.29 is 0 Å². The summed E-state index contributed by atoms with van der Waals surface area (Å²) in [5.41, 5.74) is 2.69. The molecule has 0 saturated carbocycles. The molecular weight excluding hydrogens is 244 g/mol. The molecule has 1 aromatic carbocycles. The van der Waals surface area contributed by atoms with E-state index in [1.54, 1.807) is 0 Å². The second-order valence-corrected chi connectivity index (χ2v) is 5.79. The minimum Gasteiger partial charge on any atom is -0.313 e. The van der Waals surface area contributed by atoms with Crippen molar-refractivity contribution in [1.82, 2.24) is 10.2 Å². The summed E-state index contributed by atoms with van der Waals surface area (Å²) < 4.78 is 0. The number of likely N-dealkylation sites (tertiary alicyclic amines) is 1. The van der Waals surface area contributed by atoms with Gasteiger partial charge in [-0.1, -0.05) is 48.9 Å². The Morgan fingerprint density at radius 1 is 1.35 bits per heavy atom. The van der Waals surface area contributed by atoms with Crippen LogP contribution >= 0.6 is 0 Å². The fraction of sp³-hybridized carbons (Fsp3) is 0.556. The Morgan fingerprint density at radius 2 is 2.15 bits per heavy atom. The first kappa shape index (κ1) is 15.3. The highest BCUT2D eigenvalue weighted by Gasteiger charge is 2.21. The largest absolute Gasteiger partial charge is 0.313 e. The van der Waals surface area contributed by atoms with Gasteiger partial charge in [-0.3, -0.25) is 0 Å². The maximum absolute atomic E-state index is 3.58. The molecule has 1 N–H and O–H groups in total. The molecule has 0 radical (unpaired) electrons. The van der Waals surface area contributed by atoms with Gasteiger partial charge in [-0.25, -0.2) is 0 Å². The first-order chi connectivity index (χ1) is 9.79. The third kappa shape index (κ3) is 4.77. The molecule has 1 aromatic rings. The van der Waals surface area contributed by atoms with Crippen LogP contribution in [0.3, 0.4) is 0 Å². The van der Waals surface area contributed by atoms with Crippen LogP contribution in [0.1, 0.15) is 38.7 Å². The van der Waals surface area contributed by atoms with Crippen LogP contribution in [0.2, 0.25) is 0 Å². The van der Waals surface area contributed by atoms with Crippen LogP contribution in [-0.4, -0.2) is 37.1 Å². The molecular formula is C18H28N2. The fourth-order valence-electron chi connectivity index (χ4n) is 3.08. The molecule has 0 aromatic heterocycles. The van der Waals surface area contributed by atoms with Gasteiger partial charge in [0.05, 0.1) is 0 Å².